The molecule has 0 aromatic heterocycles. The number of amides is 4. The van der Waals surface area contributed by atoms with Crippen molar-refractivity contribution >= 4 is 29.3 Å². The van der Waals surface area contributed by atoms with Crippen molar-refractivity contribution in [2.45, 2.75) is 19.0 Å². The highest BCUT2D eigenvalue weighted by Gasteiger charge is 2.27. The van der Waals surface area contributed by atoms with Crippen LogP contribution in [0.5, 0.6) is 0 Å². The lowest BCUT2D eigenvalue weighted by Gasteiger charge is -2.15. The van der Waals surface area contributed by atoms with E-state index in [0.717, 1.165) is 6.42 Å². The van der Waals surface area contributed by atoms with Crippen molar-refractivity contribution in [3.05, 3.63) is 29.8 Å². The zero-order chi connectivity index (χ0) is 20.7. The van der Waals surface area contributed by atoms with Crippen LogP contribution < -0.4 is 20.9 Å². The largest absolute Gasteiger partial charge is 0.405 e. The highest BCUT2D eigenvalue weighted by molar-refractivity contribution is 5.98. The second-order valence-electron chi connectivity index (χ2n) is 6.05. The maximum absolute atomic E-state index is 12.0. The van der Waals surface area contributed by atoms with Crippen molar-refractivity contribution in [1.82, 2.24) is 16.0 Å². The van der Waals surface area contributed by atoms with Gasteiger partial charge in [0.25, 0.3) is 5.91 Å². The topological polar surface area (TPSA) is 108 Å². The second kappa shape index (κ2) is 9.20. The van der Waals surface area contributed by atoms with Crippen LogP contribution in [0.2, 0.25) is 0 Å². The van der Waals surface area contributed by atoms with E-state index >= 15 is 0 Å². The van der Waals surface area contributed by atoms with E-state index in [1.165, 1.54) is 12.1 Å². The van der Waals surface area contributed by atoms with Gasteiger partial charge in [0.15, 0.2) is 0 Å². The summed E-state index contributed by atoms with van der Waals surface area (Å²) in [6, 6.07) is 6.28. The van der Waals surface area contributed by atoms with Crippen LogP contribution in [0.25, 0.3) is 0 Å². The summed E-state index contributed by atoms with van der Waals surface area (Å²) < 4.78 is 35.8. The summed E-state index contributed by atoms with van der Waals surface area (Å²) in [5, 5.41) is 6.04. The Bertz CT molecular complexity index is 750. The zero-order valence-electron chi connectivity index (χ0n) is 14.8. The summed E-state index contributed by atoms with van der Waals surface area (Å²) in [6.07, 6.45) is -3.26. The molecule has 1 fully saturated rings. The van der Waals surface area contributed by atoms with Gasteiger partial charge in [-0.05, 0) is 30.7 Å². The first-order valence-electron chi connectivity index (χ1n) is 8.44. The van der Waals surface area contributed by atoms with Gasteiger partial charge in [0.05, 0.1) is 13.1 Å². The zero-order valence-corrected chi connectivity index (χ0v) is 14.8. The minimum absolute atomic E-state index is 0.0214. The van der Waals surface area contributed by atoms with E-state index in [9.17, 15) is 32.3 Å². The maximum Gasteiger partial charge on any atom is 0.405 e. The van der Waals surface area contributed by atoms with Gasteiger partial charge in [-0.2, -0.15) is 13.2 Å². The van der Waals surface area contributed by atoms with E-state index in [1.54, 1.807) is 22.3 Å². The first kappa shape index (κ1) is 21.2. The molecule has 1 aromatic carbocycles. The fourth-order valence-corrected chi connectivity index (χ4v) is 2.48. The van der Waals surface area contributed by atoms with Crippen molar-refractivity contribution in [3.8, 4) is 0 Å². The number of hydrogen-bond acceptors (Lipinski definition) is 4. The predicted molar refractivity (Wildman–Crippen MR) is 92.4 cm³/mol. The van der Waals surface area contributed by atoms with Crippen molar-refractivity contribution in [2.75, 3.05) is 31.1 Å². The van der Waals surface area contributed by atoms with Gasteiger partial charge in [0, 0.05) is 24.2 Å². The standard InChI is InChI=1S/C17H19F3N4O4/c18-17(19,20)10-23-14(26)8-21-13(25)9-22-16(28)11-3-5-12(6-4-11)24-7-1-2-15(24)27/h3-6H,1-2,7-10H2,(H,21,25)(H,22,28)(H,23,26). The minimum atomic E-state index is -4.54. The number of hydrogen-bond donors (Lipinski definition) is 3. The third-order valence-corrected chi connectivity index (χ3v) is 3.86. The van der Waals surface area contributed by atoms with Crippen molar-refractivity contribution in [3.63, 3.8) is 0 Å². The number of carbonyl (C=O) groups is 4. The Balaban J connectivity index is 1.73. The van der Waals surface area contributed by atoms with E-state index in [2.05, 4.69) is 10.6 Å². The van der Waals surface area contributed by atoms with Crippen molar-refractivity contribution in [1.29, 1.82) is 0 Å². The molecule has 1 aliphatic heterocycles. The molecule has 4 amide bonds. The molecule has 1 aromatic rings. The van der Waals surface area contributed by atoms with Gasteiger partial charge >= 0.3 is 6.18 Å². The van der Waals surface area contributed by atoms with Crippen LogP contribution in [0.4, 0.5) is 18.9 Å². The molecule has 3 N–H and O–H groups in total. The number of carbonyl (C=O) groups excluding carboxylic acids is 4. The number of anilines is 1. The third kappa shape index (κ3) is 6.56. The highest BCUT2D eigenvalue weighted by atomic mass is 19.4. The molecule has 0 radical (unpaired) electrons. The van der Waals surface area contributed by atoms with Crippen LogP contribution in [0.3, 0.4) is 0 Å². The summed E-state index contributed by atoms with van der Waals surface area (Å²) in [4.78, 5) is 48.1. The Morgan fingerprint density at radius 3 is 2.14 bits per heavy atom. The quantitative estimate of drug-likeness (QED) is 0.613. The minimum Gasteiger partial charge on any atom is -0.346 e. The van der Waals surface area contributed by atoms with E-state index in [-0.39, 0.29) is 11.5 Å². The van der Waals surface area contributed by atoms with Crippen molar-refractivity contribution in [2.24, 2.45) is 0 Å². The van der Waals surface area contributed by atoms with Gasteiger partial charge in [0.2, 0.25) is 17.7 Å². The molecule has 0 unspecified atom stereocenters. The second-order valence-corrected chi connectivity index (χ2v) is 6.05. The number of halogens is 3. The van der Waals surface area contributed by atoms with Crippen LogP contribution >= 0.6 is 0 Å². The van der Waals surface area contributed by atoms with E-state index in [4.69, 9.17) is 0 Å². The summed E-state index contributed by atoms with van der Waals surface area (Å²) in [7, 11) is 0. The Labute approximate surface area is 158 Å². The Morgan fingerprint density at radius 2 is 1.57 bits per heavy atom. The first-order chi connectivity index (χ1) is 13.2. The third-order valence-electron chi connectivity index (χ3n) is 3.86. The molecular formula is C17H19F3N4O4. The van der Waals surface area contributed by atoms with Gasteiger partial charge in [-0.3, -0.25) is 19.2 Å². The van der Waals surface area contributed by atoms with Crippen LogP contribution in [0.15, 0.2) is 24.3 Å². The summed E-state index contributed by atoms with van der Waals surface area (Å²) in [5.41, 5.74) is 0.952. The number of nitrogens with zero attached hydrogens (tertiary/aromatic N) is 1. The van der Waals surface area contributed by atoms with Crippen LogP contribution in [0, 0.1) is 0 Å². The lowest BCUT2D eigenvalue weighted by Crippen LogP contribution is -2.43. The maximum atomic E-state index is 12.0. The Morgan fingerprint density at radius 1 is 0.964 bits per heavy atom. The summed E-state index contributed by atoms with van der Waals surface area (Å²) in [6.45, 7) is -1.94. The molecule has 0 bridgehead atoms. The number of alkyl halides is 3. The molecule has 0 atom stereocenters. The van der Waals surface area contributed by atoms with E-state index in [1.807, 2.05) is 0 Å². The molecular weight excluding hydrogens is 381 g/mol. The van der Waals surface area contributed by atoms with Gasteiger partial charge in [0.1, 0.15) is 6.54 Å². The molecule has 28 heavy (non-hydrogen) atoms. The molecule has 0 aliphatic carbocycles. The number of benzene rings is 1. The van der Waals surface area contributed by atoms with E-state index < -0.39 is 43.5 Å². The fourth-order valence-electron chi connectivity index (χ4n) is 2.48. The first-order valence-corrected chi connectivity index (χ1v) is 8.44. The normalized spacial score (nSPS) is 14.0. The van der Waals surface area contributed by atoms with Gasteiger partial charge in [-0.15, -0.1) is 0 Å². The van der Waals surface area contributed by atoms with Crippen LogP contribution in [0.1, 0.15) is 23.2 Å². The molecule has 0 saturated carbocycles. The lowest BCUT2D eigenvalue weighted by molar-refractivity contribution is -0.138. The smallest absolute Gasteiger partial charge is 0.346 e. The molecule has 11 heteroatoms. The van der Waals surface area contributed by atoms with Crippen molar-refractivity contribution < 1.29 is 32.3 Å². The van der Waals surface area contributed by atoms with E-state index in [0.29, 0.717) is 18.7 Å². The Kier molecular flexibility index (Phi) is 6.96. The fraction of sp³-hybridized carbons (Fsp3) is 0.412. The average molecular weight is 400 g/mol. The highest BCUT2D eigenvalue weighted by Crippen LogP contribution is 2.21. The monoisotopic (exact) mass is 400 g/mol. The molecule has 8 nitrogen and oxygen atoms in total. The number of rotatable bonds is 7. The molecule has 2 rings (SSSR count). The predicted octanol–water partition coefficient (Wildman–Crippen LogP) is 0.338. The molecule has 1 aliphatic rings. The molecule has 1 heterocycles. The van der Waals surface area contributed by atoms with Crippen LogP contribution in [-0.4, -0.2) is 56.0 Å². The van der Waals surface area contributed by atoms with Gasteiger partial charge in [-0.25, -0.2) is 0 Å². The summed E-state index contributed by atoms with van der Waals surface area (Å²) >= 11 is 0. The summed E-state index contributed by atoms with van der Waals surface area (Å²) in [5.74, 6) is -2.25. The average Bonchev–Trinajstić information content (AvgIpc) is 3.08. The molecule has 1 saturated heterocycles. The Hall–Kier alpha value is -3.11. The SMILES string of the molecule is O=C(CNC(=O)CNC(=O)c1ccc(N2CCCC2=O)cc1)NCC(F)(F)F. The molecule has 0 spiro atoms. The van der Waals surface area contributed by atoms with Gasteiger partial charge < -0.3 is 20.9 Å². The van der Waals surface area contributed by atoms with Crippen LogP contribution in [-0.2, 0) is 14.4 Å². The van der Waals surface area contributed by atoms with Gasteiger partial charge in [-0.1, -0.05) is 0 Å². The molecule has 152 valence electrons. The number of nitrogens with one attached hydrogen (secondary N) is 3. The lowest BCUT2D eigenvalue weighted by atomic mass is 10.2.